The minimum atomic E-state index is -0.215. The molecule has 2 aliphatic rings. The van der Waals surface area contributed by atoms with E-state index in [1.165, 1.54) is 6.42 Å². The summed E-state index contributed by atoms with van der Waals surface area (Å²) in [6.45, 7) is 3.88. The van der Waals surface area contributed by atoms with Gasteiger partial charge in [-0.25, -0.2) is 0 Å². The maximum Gasteiger partial charge on any atom is 0.239 e. The third kappa shape index (κ3) is 3.04. The first-order valence-corrected chi connectivity index (χ1v) is 7.34. The monoisotopic (exact) mass is 254 g/mol. The Morgan fingerprint density at radius 1 is 1.22 bits per heavy atom. The van der Waals surface area contributed by atoms with Crippen LogP contribution in [0.2, 0.25) is 0 Å². The zero-order valence-corrected chi connectivity index (χ0v) is 11.5. The molecule has 1 aliphatic carbocycles. The van der Waals surface area contributed by atoms with Crippen LogP contribution >= 0.6 is 0 Å². The van der Waals surface area contributed by atoms with Crippen molar-refractivity contribution in [2.24, 2.45) is 0 Å². The standard InChI is InChI=1S/C14H26N2O2/c1-12(13(18)16-9-5-6-10-16)15-14(11-17)7-3-2-4-8-14/h12,15,17H,2-11H2,1H3. The molecule has 1 unspecified atom stereocenters. The second-order valence-electron chi connectivity index (χ2n) is 5.90. The molecule has 0 radical (unpaired) electrons. The van der Waals surface area contributed by atoms with Gasteiger partial charge in [-0.3, -0.25) is 10.1 Å². The summed E-state index contributed by atoms with van der Waals surface area (Å²) in [5.41, 5.74) is -0.215. The van der Waals surface area contributed by atoms with E-state index < -0.39 is 0 Å². The Kier molecular flexibility index (Phi) is 4.62. The van der Waals surface area contributed by atoms with Gasteiger partial charge in [-0.15, -0.1) is 0 Å². The fourth-order valence-electron chi connectivity index (χ4n) is 3.31. The van der Waals surface area contributed by atoms with E-state index in [0.717, 1.165) is 51.6 Å². The lowest BCUT2D eigenvalue weighted by Crippen LogP contribution is -2.57. The third-order valence-electron chi connectivity index (χ3n) is 4.42. The topological polar surface area (TPSA) is 52.6 Å². The van der Waals surface area contributed by atoms with E-state index in [1.54, 1.807) is 0 Å². The molecule has 1 atom stereocenters. The van der Waals surface area contributed by atoms with Crippen LogP contribution in [0.25, 0.3) is 0 Å². The zero-order chi connectivity index (χ0) is 13.0. The van der Waals surface area contributed by atoms with Crippen LogP contribution < -0.4 is 5.32 Å². The summed E-state index contributed by atoms with van der Waals surface area (Å²) in [5.74, 6) is 0.200. The van der Waals surface area contributed by atoms with Gasteiger partial charge in [0.25, 0.3) is 0 Å². The number of likely N-dealkylation sites (tertiary alicyclic amines) is 1. The van der Waals surface area contributed by atoms with E-state index >= 15 is 0 Å². The number of aliphatic hydroxyl groups is 1. The summed E-state index contributed by atoms with van der Waals surface area (Å²) >= 11 is 0. The molecule has 104 valence electrons. The molecule has 2 rings (SSSR count). The van der Waals surface area contributed by atoms with Crippen LogP contribution in [0.1, 0.15) is 51.9 Å². The Morgan fingerprint density at radius 3 is 2.39 bits per heavy atom. The lowest BCUT2D eigenvalue weighted by Gasteiger charge is -2.39. The number of hydrogen-bond donors (Lipinski definition) is 2. The molecule has 1 amide bonds. The van der Waals surface area contributed by atoms with Crippen LogP contribution in [0.4, 0.5) is 0 Å². The second kappa shape index (κ2) is 6.02. The summed E-state index contributed by atoms with van der Waals surface area (Å²) in [6.07, 6.45) is 7.78. The summed E-state index contributed by atoms with van der Waals surface area (Å²) in [4.78, 5) is 14.2. The Labute approximate surface area is 110 Å². The van der Waals surface area contributed by atoms with Gasteiger partial charge in [0.15, 0.2) is 0 Å². The fourth-order valence-corrected chi connectivity index (χ4v) is 3.31. The first-order valence-electron chi connectivity index (χ1n) is 7.34. The Bertz CT molecular complexity index is 282. The molecule has 2 fully saturated rings. The molecule has 0 aromatic rings. The molecular weight excluding hydrogens is 228 g/mol. The predicted molar refractivity (Wildman–Crippen MR) is 71.3 cm³/mol. The average Bonchev–Trinajstić information content (AvgIpc) is 2.92. The van der Waals surface area contributed by atoms with E-state index in [-0.39, 0.29) is 24.1 Å². The quantitative estimate of drug-likeness (QED) is 0.794. The number of rotatable bonds is 4. The van der Waals surface area contributed by atoms with Crippen LogP contribution in [-0.2, 0) is 4.79 Å². The molecule has 0 bridgehead atoms. The molecule has 0 aromatic carbocycles. The summed E-state index contributed by atoms with van der Waals surface area (Å²) in [7, 11) is 0. The number of aliphatic hydroxyl groups excluding tert-OH is 1. The number of carbonyl (C=O) groups excluding carboxylic acids is 1. The first kappa shape index (κ1) is 13.8. The molecule has 1 saturated heterocycles. The predicted octanol–water partition coefficient (Wildman–Crippen LogP) is 1.28. The van der Waals surface area contributed by atoms with Gasteiger partial charge in [-0.2, -0.15) is 0 Å². The van der Waals surface area contributed by atoms with Crippen molar-refractivity contribution in [2.75, 3.05) is 19.7 Å². The third-order valence-corrected chi connectivity index (χ3v) is 4.42. The smallest absolute Gasteiger partial charge is 0.239 e. The highest BCUT2D eigenvalue weighted by atomic mass is 16.3. The van der Waals surface area contributed by atoms with E-state index in [9.17, 15) is 9.90 Å². The molecule has 18 heavy (non-hydrogen) atoms. The van der Waals surface area contributed by atoms with E-state index in [0.29, 0.717) is 0 Å². The Morgan fingerprint density at radius 2 is 1.83 bits per heavy atom. The molecule has 0 spiro atoms. The summed E-state index contributed by atoms with van der Waals surface area (Å²) in [5, 5.41) is 13.1. The minimum absolute atomic E-state index is 0.143. The maximum atomic E-state index is 12.3. The molecule has 2 N–H and O–H groups in total. The lowest BCUT2D eigenvalue weighted by molar-refractivity contribution is -0.132. The van der Waals surface area contributed by atoms with Crippen molar-refractivity contribution in [2.45, 2.75) is 63.5 Å². The normalized spacial score (nSPS) is 25.1. The van der Waals surface area contributed by atoms with Crippen molar-refractivity contribution in [3.8, 4) is 0 Å². The van der Waals surface area contributed by atoms with Crippen molar-refractivity contribution in [1.82, 2.24) is 10.2 Å². The summed E-state index contributed by atoms with van der Waals surface area (Å²) in [6, 6.07) is -0.173. The summed E-state index contributed by atoms with van der Waals surface area (Å²) < 4.78 is 0. The number of carbonyl (C=O) groups is 1. The zero-order valence-electron chi connectivity index (χ0n) is 11.5. The van der Waals surface area contributed by atoms with E-state index in [4.69, 9.17) is 0 Å². The number of nitrogens with one attached hydrogen (secondary N) is 1. The molecule has 1 heterocycles. The average molecular weight is 254 g/mol. The highest BCUT2D eigenvalue weighted by Gasteiger charge is 2.35. The van der Waals surface area contributed by atoms with Crippen molar-refractivity contribution < 1.29 is 9.90 Å². The Hall–Kier alpha value is -0.610. The van der Waals surface area contributed by atoms with Gasteiger partial charge in [-0.05, 0) is 32.6 Å². The highest BCUT2D eigenvalue weighted by Crippen LogP contribution is 2.28. The van der Waals surface area contributed by atoms with Gasteiger partial charge >= 0.3 is 0 Å². The number of nitrogens with zero attached hydrogens (tertiary/aromatic N) is 1. The molecule has 0 aromatic heterocycles. The number of amides is 1. The van der Waals surface area contributed by atoms with Crippen LogP contribution in [0, 0.1) is 0 Å². The van der Waals surface area contributed by atoms with Crippen molar-refractivity contribution in [1.29, 1.82) is 0 Å². The molecule has 1 aliphatic heterocycles. The molecule has 4 nitrogen and oxygen atoms in total. The number of hydrogen-bond acceptors (Lipinski definition) is 3. The lowest BCUT2D eigenvalue weighted by atomic mass is 9.81. The van der Waals surface area contributed by atoms with Gasteiger partial charge in [-0.1, -0.05) is 19.3 Å². The largest absolute Gasteiger partial charge is 0.394 e. The van der Waals surface area contributed by atoms with Gasteiger partial charge < -0.3 is 10.0 Å². The first-order chi connectivity index (χ1) is 8.67. The Balaban J connectivity index is 1.91. The minimum Gasteiger partial charge on any atom is -0.394 e. The van der Waals surface area contributed by atoms with Crippen LogP contribution in [-0.4, -0.2) is 47.2 Å². The van der Waals surface area contributed by atoms with E-state index in [1.807, 2.05) is 11.8 Å². The van der Waals surface area contributed by atoms with Crippen LogP contribution in [0.3, 0.4) is 0 Å². The SMILES string of the molecule is CC(NC1(CO)CCCCC1)C(=O)N1CCCC1. The van der Waals surface area contributed by atoms with Gasteiger partial charge in [0.1, 0.15) is 0 Å². The van der Waals surface area contributed by atoms with Crippen molar-refractivity contribution >= 4 is 5.91 Å². The van der Waals surface area contributed by atoms with Crippen molar-refractivity contribution in [3.63, 3.8) is 0 Å². The van der Waals surface area contributed by atoms with Crippen LogP contribution in [0.15, 0.2) is 0 Å². The molecular formula is C14H26N2O2. The van der Waals surface area contributed by atoms with Gasteiger partial charge in [0, 0.05) is 18.6 Å². The van der Waals surface area contributed by atoms with Crippen LogP contribution in [0.5, 0.6) is 0 Å². The van der Waals surface area contributed by atoms with E-state index in [2.05, 4.69) is 5.32 Å². The van der Waals surface area contributed by atoms with Gasteiger partial charge in [0.2, 0.25) is 5.91 Å². The molecule has 4 heteroatoms. The maximum absolute atomic E-state index is 12.3. The second-order valence-corrected chi connectivity index (χ2v) is 5.90. The highest BCUT2D eigenvalue weighted by molar-refractivity contribution is 5.81. The van der Waals surface area contributed by atoms with Crippen molar-refractivity contribution in [3.05, 3.63) is 0 Å². The fraction of sp³-hybridized carbons (Fsp3) is 0.929. The van der Waals surface area contributed by atoms with Gasteiger partial charge in [0.05, 0.1) is 12.6 Å². The molecule has 1 saturated carbocycles.